The van der Waals surface area contributed by atoms with E-state index in [0.717, 1.165) is 36.8 Å². The van der Waals surface area contributed by atoms with Gasteiger partial charge in [0.1, 0.15) is 5.54 Å². The highest BCUT2D eigenvalue weighted by atomic mass is 16.2. The SMILES string of the molecule is NC(=O)C1(N2CCCCC2)CCN(C(=O)c2cccc3[nH]ccc23)CC1. The first-order valence-electron chi connectivity index (χ1n) is 9.52. The van der Waals surface area contributed by atoms with E-state index in [1.807, 2.05) is 35.4 Å². The van der Waals surface area contributed by atoms with Gasteiger partial charge in [-0.25, -0.2) is 0 Å². The summed E-state index contributed by atoms with van der Waals surface area (Å²) in [5, 5.41) is 0.945. The van der Waals surface area contributed by atoms with Gasteiger partial charge in [0.05, 0.1) is 0 Å². The molecule has 0 atom stereocenters. The fourth-order valence-electron chi connectivity index (χ4n) is 4.56. The highest BCUT2D eigenvalue weighted by molar-refractivity contribution is 6.06. The van der Waals surface area contributed by atoms with Crippen molar-refractivity contribution in [3.63, 3.8) is 0 Å². The first kappa shape index (κ1) is 17.1. The van der Waals surface area contributed by atoms with Crippen LogP contribution in [0.2, 0.25) is 0 Å². The highest BCUT2D eigenvalue weighted by Gasteiger charge is 2.45. The molecule has 2 amide bonds. The Morgan fingerprint density at radius 2 is 1.73 bits per heavy atom. The van der Waals surface area contributed by atoms with Crippen molar-refractivity contribution < 1.29 is 9.59 Å². The normalized spacial score (nSPS) is 21.0. The summed E-state index contributed by atoms with van der Waals surface area (Å²) in [6, 6.07) is 7.68. The van der Waals surface area contributed by atoms with E-state index in [1.165, 1.54) is 6.42 Å². The predicted molar refractivity (Wildman–Crippen MR) is 101 cm³/mol. The highest BCUT2D eigenvalue weighted by Crippen LogP contribution is 2.32. The van der Waals surface area contributed by atoms with Gasteiger partial charge >= 0.3 is 0 Å². The average molecular weight is 354 g/mol. The zero-order valence-electron chi connectivity index (χ0n) is 15.0. The standard InChI is InChI=1S/C20H26N4O2/c21-19(26)20(24-11-2-1-3-12-24)8-13-23(14-9-20)18(25)16-5-4-6-17-15(16)7-10-22-17/h4-7,10,22H,1-3,8-9,11-14H2,(H2,21,26). The number of amides is 2. The molecule has 4 rings (SSSR count). The summed E-state index contributed by atoms with van der Waals surface area (Å²) >= 11 is 0. The Morgan fingerprint density at radius 3 is 2.42 bits per heavy atom. The van der Waals surface area contributed by atoms with E-state index in [0.29, 0.717) is 31.5 Å². The summed E-state index contributed by atoms with van der Waals surface area (Å²) in [5.74, 6) is -0.203. The van der Waals surface area contributed by atoms with Crippen LogP contribution in [0.5, 0.6) is 0 Å². The van der Waals surface area contributed by atoms with Gasteiger partial charge < -0.3 is 15.6 Å². The number of carbonyl (C=O) groups excluding carboxylic acids is 2. The topological polar surface area (TPSA) is 82.4 Å². The zero-order valence-corrected chi connectivity index (χ0v) is 15.0. The smallest absolute Gasteiger partial charge is 0.254 e. The molecule has 2 fully saturated rings. The third kappa shape index (κ3) is 2.78. The van der Waals surface area contributed by atoms with Crippen molar-refractivity contribution in [2.45, 2.75) is 37.6 Å². The number of rotatable bonds is 3. The number of aromatic nitrogens is 1. The van der Waals surface area contributed by atoms with Gasteiger partial charge in [0.2, 0.25) is 5.91 Å². The lowest BCUT2D eigenvalue weighted by molar-refractivity contribution is -0.134. The molecule has 1 aromatic heterocycles. The molecule has 0 radical (unpaired) electrons. The minimum atomic E-state index is -0.586. The molecule has 1 aromatic carbocycles. The number of benzene rings is 1. The van der Waals surface area contributed by atoms with Gasteiger partial charge in [0, 0.05) is 35.8 Å². The monoisotopic (exact) mass is 354 g/mol. The molecule has 2 saturated heterocycles. The van der Waals surface area contributed by atoms with Crippen molar-refractivity contribution in [2.24, 2.45) is 5.73 Å². The van der Waals surface area contributed by atoms with Gasteiger partial charge in [0.25, 0.3) is 5.91 Å². The van der Waals surface area contributed by atoms with Gasteiger partial charge in [0.15, 0.2) is 0 Å². The fraction of sp³-hybridized carbons (Fsp3) is 0.500. The molecule has 3 heterocycles. The molecule has 0 spiro atoms. The van der Waals surface area contributed by atoms with Gasteiger partial charge in [-0.15, -0.1) is 0 Å². The fourth-order valence-corrected chi connectivity index (χ4v) is 4.56. The van der Waals surface area contributed by atoms with E-state index in [2.05, 4.69) is 9.88 Å². The third-order valence-electron chi connectivity index (χ3n) is 6.12. The molecular weight excluding hydrogens is 328 g/mol. The molecule has 0 saturated carbocycles. The largest absolute Gasteiger partial charge is 0.368 e. The van der Waals surface area contributed by atoms with Crippen LogP contribution >= 0.6 is 0 Å². The Kier molecular flexibility index (Phi) is 4.44. The van der Waals surface area contributed by atoms with Gasteiger partial charge in [-0.2, -0.15) is 0 Å². The lowest BCUT2D eigenvalue weighted by Gasteiger charge is -2.48. The summed E-state index contributed by atoms with van der Waals surface area (Å²) < 4.78 is 0. The summed E-state index contributed by atoms with van der Waals surface area (Å²) in [5.41, 5.74) is 6.93. The summed E-state index contributed by atoms with van der Waals surface area (Å²) in [6.07, 6.45) is 6.55. The Morgan fingerprint density at radius 1 is 1.00 bits per heavy atom. The molecule has 3 N–H and O–H groups in total. The lowest BCUT2D eigenvalue weighted by atomic mass is 9.83. The summed E-state index contributed by atoms with van der Waals surface area (Å²) in [4.78, 5) is 32.7. The van der Waals surface area contributed by atoms with Crippen molar-refractivity contribution in [1.29, 1.82) is 0 Å². The first-order chi connectivity index (χ1) is 12.6. The van der Waals surface area contributed by atoms with E-state index in [-0.39, 0.29) is 11.8 Å². The van der Waals surface area contributed by atoms with Crippen LogP contribution in [0.1, 0.15) is 42.5 Å². The van der Waals surface area contributed by atoms with Crippen molar-refractivity contribution in [3.05, 3.63) is 36.0 Å². The second-order valence-electron chi connectivity index (χ2n) is 7.48. The number of nitrogens with zero attached hydrogens (tertiary/aromatic N) is 2. The number of carbonyl (C=O) groups is 2. The molecule has 0 aliphatic carbocycles. The van der Waals surface area contributed by atoms with Crippen LogP contribution in [-0.4, -0.2) is 58.3 Å². The van der Waals surface area contributed by atoms with Crippen LogP contribution in [0.15, 0.2) is 30.5 Å². The number of piperidine rings is 2. The van der Waals surface area contributed by atoms with Gasteiger partial charge in [-0.3, -0.25) is 14.5 Å². The van der Waals surface area contributed by atoms with E-state index < -0.39 is 5.54 Å². The molecule has 0 unspecified atom stereocenters. The second kappa shape index (κ2) is 6.76. The van der Waals surface area contributed by atoms with E-state index in [1.54, 1.807) is 0 Å². The van der Waals surface area contributed by atoms with Crippen LogP contribution in [0.4, 0.5) is 0 Å². The maximum absolute atomic E-state index is 13.1. The van der Waals surface area contributed by atoms with Crippen LogP contribution in [0, 0.1) is 0 Å². The minimum absolute atomic E-state index is 0.0342. The Labute approximate surface area is 153 Å². The molecular formula is C20H26N4O2. The van der Waals surface area contributed by atoms with Crippen molar-refractivity contribution >= 4 is 22.7 Å². The maximum Gasteiger partial charge on any atom is 0.254 e. The minimum Gasteiger partial charge on any atom is -0.368 e. The molecule has 6 heteroatoms. The Hall–Kier alpha value is -2.34. The maximum atomic E-state index is 13.1. The number of aromatic amines is 1. The lowest BCUT2D eigenvalue weighted by Crippen LogP contribution is -2.63. The van der Waals surface area contributed by atoms with Crippen molar-refractivity contribution in [3.8, 4) is 0 Å². The van der Waals surface area contributed by atoms with Crippen molar-refractivity contribution in [2.75, 3.05) is 26.2 Å². The van der Waals surface area contributed by atoms with E-state index >= 15 is 0 Å². The average Bonchev–Trinajstić information content (AvgIpc) is 3.17. The number of nitrogens with one attached hydrogen (secondary N) is 1. The third-order valence-corrected chi connectivity index (χ3v) is 6.12. The second-order valence-corrected chi connectivity index (χ2v) is 7.48. The van der Waals surface area contributed by atoms with Crippen LogP contribution in [-0.2, 0) is 4.79 Å². The number of H-pyrrole nitrogens is 1. The number of fused-ring (bicyclic) bond motifs is 1. The van der Waals surface area contributed by atoms with Gasteiger partial charge in [-0.1, -0.05) is 12.5 Å². The van der Waals surface area contributed by atoms with Gasteiger partial charge in [-0.05, 0) is 57.0 Å². The zero-order chi connectivity index (χ0) is 18.1. The molecule has 6 nitrogen and oxygen atoms in total. The summed E-state index contributed by atoms with van der Waals surface area (Å²) in [7, 11) is 0. The van der Waals surface area contributed by atoms with Crippen LogP contribution in [0.25, 0.3) is 10.9 Å². The quantitative estimate of drug-likeness (QED) is 0.886. The van der Waals surface area contributed by atoms with E-state index in [9.17, 15) is 9.59 Å². The molecule has 2 aromatic rings. The number of nitrogens with two attached hydrogens (primary N) is 1. The van der Waals surface area contributed by atoms with E-state index in [4.69, 9.17) is 5.73 Å². The number of primary amides is 1. The Bertz CT molecular complexity index is 814. The molecule has 26 heavy (non-hydrogen) atoms. The first-order valence-corrected chi connectivity index (χ1v) is 9.52. The van der Waals surface area contributed by atoms with Crippen molar-refractivity contribution in [1.82, 2.24) is 14.8 Å². The summed E-state index contributed by atoms with van der Waals surface area (Å²) in [6.45, 7) is 3.00. The number of hydrogen-bond acceptors (Lipinski definition) is 3. The molecule has 2 aliphatic rings. The molecule has 2 aliphatic heterocycles. The van der Waals surface area contributed by atoms with Crippen LogP contribution < -0.4 is 5.73 Å². The number of likely N-dealkylation sites (tertiary alicyclic amines) is 2. The number of hydrogen-bond donors (Lipinski definition) is 2. The molecule has 0 bridgehead atoms. The van der Waals surface area contributed by atoms with Crippen LogP contribution in [0.3, 0.4) is 0 Å². The predicted octanol–water partition coefficient (Wildman–Crippen LogP) is 2.11. The Balaban J connectivity index is 1.52. The molecule has 138 valence electrons.